The van der Waals surface area contributed by atoms with Crippen molar-refractivity contribution in [2.24, 2.45) is 5.73 Å². The first-order chi connectivity index (χ1) is 15.7. The van der Waals surface area contributed by atoms with E-state index in [-0.39, 0.29) is 12.8 Å². The second kappa shape index (κ2) is 8.68. The van der Waals surface area contributed by atoms with Crippen LogP contribution in [0.25, 0.3) is 20.7 Å². The molecular weight excluding hydrogens is 424 g/mol. The topological polar surface area (TPSA) is 99.4 Å². The molecule has 3 N–H and O–H groups in total. The quantitative estimate of drug-likeness (QED) is 0.440. The number of benzene rings is 2. The average molecular weight is 445 g/mol. The van der Waals surface area contributed by atoms with E-state index in [0.717, 1.165) is 32.0 Å². The highest BCUT2D eigenvalue weighted by Crippen LogP contribution is 2.37. The molecule has 0 spiro atoms. The van der Waals surface area contributed by atoms with Crippen LogP contribution in [0.15, 0.2) is 79.0 Å². The highest BCUT2D eigenvalue weighted by atomic mass is 32.1. The van der Waals surface area contributed by atoms with Gasteiger partial charge in [0.05, 0.1) is 16.3 Å². The third-order valence-corrected chi connectivity index (χ3v) is 6.36. The van der Waals surface area contributed by atoms with E-state index in [2.05, 4.69) is 27.4 Å². The molecular formula is C24H20N4O3S. The van der Waals surface area contributed by atoms with Gasteiger partial charge >= 0.3 is 0 Å². The minimum atomic E-state index is -0.462. The Hall–Kier alpha value is -3.91. The Morgan fingerprint density at radius 2 is 1.94 bits per heavy atom. The number of carbonyl (C=O) groups is 1. The number of hydrogen-bond acceptors (Lipinski definition) is 7. The van der Waals surface area contributed by atoms with Crippen molar-refractivity contribution in [1.29, 1.82) is 0 Å². The molecule has 1 atom stereocenters. The van der Waals surface area contributed by atoms with Gasteiger partial charge in [0.1, 0.15) is 18.4 Å². The number of carbonyl (C=O) groups excluding carboxylic acids is 1. The smallest absolute Gasteiger partial charge is 0.249 e. The van der Waals surface area contributed by atoms with Crippen LogP contribution in [0.5, 0.6) is 0 Å². The summed E-state index contributed by atoms with van der Waals surface area (Å²) in [5.41, 5.74) is 8.79. The number of fused-ring (bicyclic) bond motifs is 1. The Morgan fingerprint density at radius 1 is 1.12 bits per heavy atom. The second-order valence-electron chi connectivity index (χ2n) is 7.29. The van der Waals surface area contributed by atoms with Crippen molar-refractivity contribution < 1.29 is 14.3 Å². The van der Waals surface area contributed by atoms with Crippen LogP contribution in [-0.4, -0.2) is 28.7 Å². The zero-order valence-electron chi connectivity index (χ0n) is 17.0. The summed E-state index contributed by atoms with van der Waals surface area (Å²) in [6.45, 7) is 0.203. The fraction of sp³-hybridized carbons (Fsp3) is 0.125. The molecule has 1 unspecified atom stereocenters. The van der Waals surface area contributed by atoms with E-state index in [0.29, 0.717) is 17.8 Å². The van der Waals surface area contributed by atoms with Gasteiger partial charge in [-0.25, -0.2) is 9.97 Å². The maximum atomic E-state index is 11.9. The molecule has 0 saturated carbocycles. The van der Waals surface area contributed by atoms with Crippen LogP contribution in [-0.2, 0) is 15.9 Å². The summed E-state index contributed by atoms with van der Waals surface area (Å²) in [7, 11) is 0. The summed E-state index contributed by atoms with van der Waals surface area (Å²) in [6, 6.07) is 19.3. The lowest BCUT2D eigenvalue weighted by atomic mass is 10.0. The van der Waals surface area contributed by atoms with Crippen LogP contribution in [0, 0.1) is 0 Å². The number of hydrogen-bond donors (Lipinski definition) is 2. The molecule has 160 valence electrons. The van der Waals surface area contributed by atoms with Crippen LogP contribution < -0.4 is 11.1 Å². The first kappa shape index (κ1) is 20.0. The molecule has 5 rings (SSSR count). The van der Waals surface area contributed by atoms with Gasteiger partial charge in [-0.3, -0.25) is 4.79 Å². The Morgan fingerprint density at radius 3 is 2.72 bits per heavy atom. The summed E-state index contributed by atoms with van der Waals surface area (Å²) in [6.07, 6.45) is 3.87. The third kappa shape index (κ3) is 4.00. The van der Waals surface area contributed by atoms with Crippen molar-refractivity contribution in [1.82, 2.24) is 9.97 Å². The minimum Gasteiger partial charge on any atom is -0.462 e. The molecule has 0 aliphatic carbocycles. The van der Waals surface area contributed by atoms with Crippen molar-refractivity contribution in [2.45, 2.75) is 12.5 Å². The van der Waals surface area contributed by atoms with E-state index < -0.39 is 5.91 Å². The van der Waals surface area contributed by atoms with Gasteiger partial charge in [0.15, 0.2) is 5.76 Å². The molecule has 3 heterocycles. The number of nitrogens with two attached hydrogens (primary N) is 1. The molecule has 1 aliphatic rings. The van der Waals surface area contributed by atoms with E-state index in [1.807, 2.05) is 36.4 Å². The van der Waals surface area contributed by atoms with E-state index in [1.165, 1.54) is 17.7 Å². The van der Waals surface area contributed by atoms with E-state index in [9.17, 15) is 4.79 Å². The summed E-state index contributed by atoms with van der Waals surface area (Å²) in [5, 5.41) is 3.51. The number of amides is 1. The molecule has 0 saturated heterocycles. The molecule has 32 heavy (non-hydrogen) atoms. The van der Waals surface area contributed by atoms with E-state index in [4.69, 9.17) is 15.2 Å². The van der Waals surface area contributed by atoms with Crippen LogP contribution >= 0.6 is 11.3 Å². The highest BCUT2D eigenvalue weighted by Gasteiger charge is 2.23. The highest BCUT2D eigenvalue weighted by molar-refractivity contribution is 7.22. The summed E-state index contributed by atoms with van der Waals surface area (Å²) in [5.74, 6) is 0.951. The third-order valence-electron chi connectivity index (χ3n) is 5.20. The predicted molar refractivity (Wildman–Crippen MR) is 124 cm³/mol. The minimum absolute atomic E-state index is 0.165. The molecule has 2 aromatic heterocycles. The fourth-order valence-corrected chi connectivity index (χ4v) is 4.78. The van der Waals surface area contributed by atoms with Gasteiger partial charge in [-0.05, 0) is 24.1 Å². The number of anilines is 1. The number of thiophene rings is 1. The number of nitrogens with one attached hydrogen (secondary N) is 1. The molecule has 8 heteroatoms. The summed E-state index contributed by atoms with van der Waals surface area (Å²) < 4.78 is 11.9. The molecule has 1 aliphatic heterocycles. The average Bonchev–Trinajstić information content (AvgIpc) is 3.50. The van der Waals surface area contributed by atoms with Gasteiger partial charge in [0, 0.05) is 16.0 Å². The largest absolute Gasteiger partial charge is 0.462 e. The summed E-state index contributed by atoms with van der Waals surface area (Å²) >= 11 is 1.51. The predicted octanol–water partition coefficient (Wildman–Crippen LogP) is 4.33. The fourth-order valence-electron chi connectivity index (χ4n) is 3.68. The normalized spacial score (nSPS) is 13.8. The number of ether oxygens (including phenoxy) is 2. The van der Waals surface area contributed by atoms with Crippen molar-refractivity contribution in [2.75, 3.05) is 12.1 Å². The molecule has 0 radical (unpaired) electrons. The van der Waals surface area contributed by atoms with Gasteiger partial charge < -0.3 is 20.5 Å². The Labute approximate surface area is 188 Å². The van der Waals surface area contributed by atoms with Crippen molar-refractivity contribution in [3.05, 3.63) is 90.1 Å². The molecule has 4 aromatic rings. The van der Waals surface area contributed by atoms with Gasteiger partial charge in [0.2, 0.25) is 12.7 Å². The van der Waals surface area contributed by atoms with Crippen LogP contribution in [0.3, 0.4) is 0 Å². The van der Waals surface area contributed by atoms with Crippen molar-refractivity contribution in [3.8, 4) is 10.4 Å². The van der Waals surface area contributed by atoms with Gasteiger partial charge in [-0.2, -0.15) is 0 Å². The van der Waals surface area contributed by atoms with Gasteiger partial charge in [0.25, 0.3) is 0 Å². The number of primary amides is 1. The Balaban J connectivity index is 1.52. The Kier molecular flexibility index (Phi) is 5.43. The lowest BCUT2D eigenvalue weighted by Gasteiger charge is -2.19. The van der Waals surface area contributed by atoms with Crippen molar-refractivity contribution in [3.63, 3.8) is 0 Å². The summed E-state index contributed by atoms with van der Waals surface area (Å²) in [4.78, 5) is 21.7. The molecule has 0 bridgehead atoms. The Bertz CT molecular complexity index is 1300. The molecule has 0 fully saturated rings. The second-order valence-corrected chi connectivity index (χ2v) is 8.35. The molecule has 1 amide bonds. The maximum absolute atomic E-state index is 11.9. The van der Waals surface area contributed by atoms with Crippen molar-refractivity contribution >= 4 is 33.3 Å². The first-order valence-corrected chi connectivity index (χ1v) is 10.9. The monoisotopic (exact) mass is 444 g/mol. The SMILES string of the molecule is NC(=O)c1ccccc1-c1cc2ncnc(NC(Cc3ccccc3)C3=COCO3)c2s1. The zero-order valence-corrected chi connectivity index (χ0v) is 17.8. The first-order valence-electron chi connectivity index (χ1n) is 10.1. The van der Waals surface area contributed by atoms with Crippen LogP contribution in [0.4, 0.5) is 5.82 Å². The number of aromatic nitrogens is 2. The van der Waals surface area contributed by atoms with Gasteiger partial charge in [-0.1, -0.05) is 48.5 Å². The van der Waals surface area contributed by atoms with Crippen LogP contribution in [0.2, 0.25) is 0 Å². The van der Waals surface area contributed by atoms with E-state index in [1.54, 1.807) is 18.4 Å². The maximum Gasteiger partial charge on any atom is 0.249 e. The number of nitrogens with zero attached hydrogens (tertiary/aromatic N) is 2. The van der Waals surface area contributed by atoms with Crippen LogP contribution in [0.1, 0.15) is 15.9 Å². The van der Waals surface area contributed by atoms with Gasteiger partial charge in [-0.15, -0.1) is 11.3 Å². The van der Waals surface area contributed by atoms with E-state index >= 15 is 0 Å². The standard InChI is InChI=1S/C24H20N4O3S/c25-23(29)17-9-5-4-8-16(17)21-11-19-22(32-21)24(27-13-26-19)28-18(20-12-30-14-31-20)10-15-6-2-1-3-7-15/h1-9,11-13,18H,10,14H2,(H2,25,29)(H,26,27,28). The lowest BCUT2D eigenvalue weighted by Crippen LogP contribution is -2.25. The number of rotatable bonds is 7. The molecule has 2 aromatic carbocycles. The molecule has 7 nitrogen and oxygen atoms in total. The lowest BCUT2D eigenvalue weighted by molar-refractivity contribution is 0.0764. The zero-order chi connectivity index (χ0) is 21.9.